The summed E-state index contributed by atoms with van der Waals surface area (Å²) >= 11 is 0.854. The summed E-state index contributed by atoms with van der Waals surface area (Å²) in [5, 5.41) is 11.6. The van der Waals surface area contributed by atoms with Crippen LogP contribution in [0, 0.1) is 0 Å². The van der Waals surface area contributed by atoms with E-state index in [1.54, 1.807) is 6.07 Å². The van der Waals surface area contributed by atoms with Crippen LogP contribution in [0.1, 0.15) is 19.3 Å². The average Bonchev–Trinajstić information content (AvgIpc) is 3.15. The van der Waals surface area contributed by atoms with E-state index in [4.69, 9.17) is 5.84 Å². The molecule has 0 aliphatic rings. The van der Waals surface area contributed by atoms with Gasteiger partial charge in [-0.2, -0.15) is 4.72 Å². The quantitative estimate of drug-likeness (QED) is 0.221. The van der Waals surface area contributed by atoms with Crippen LogP contribution in [0.3, 0.4) is 0 Å². The van der Waals surface area contributed by atoms with Crippen LogP contribution in [-0.2, 0) is 14.8 Å². The monoisotopic (exact) mass is 412 g/mol. The summed E-state index contributed by atoms with van der Waals surface area (Å²) in [5.74, 6) is 2.33. The van der Waals surface area contributed by atoms with Gasteiger partial charge in [-0.15, -0.1) is 11.3 Å². The fourth-order valence-electron chi connectivity index (χ4n) is 1.97. The van der Waals surface area contributed by atoms with Gasteiger partial charge in [-0.1, -0.05) is 18.2 Å². The van der Waals surface area contributed by atoms with Gasteiger partial charge in [0.25, 0.3) is 11.8 Å². The number of thiophene rings is 1. The summed E-state index contributed by atoms with van der Waals surface area (Å²) in [6, 6.07) is 8.42. The number of nitrogens with two attached hydrogens (primary N) is 1. The Bertz CT molecular complexity index is 942. The summed E-state index contributed by atoms with van der Waals surface area (Å²) in [6.07, 6.45) is 0. The van der Waals surface area contributed by atoms with Crippen LogP contribution >= 0.6 is 11.3 Å². The zero-order valence-electron chi connectivity index (χ0n) is 13.7. The van der Waals surface area contributed by atoms with Crippen molar-refractivity contribution >= 4 is 39.1 Å². The number of carbonyl (C=O) groups excluding carboxylic acids is 2. The smallest absolute Gasteiger partial charge is 0.323 e. The van der Waals surface area contributed by atoms with E-state index in [-0.39, 0.29) is 14.6 Å². The number of hydrogen-bond donors (Lipinski definition) is 5. The van der Waals surface area contributed by atoms with Crippen molar-refractivity contribution in [3.63, 3.8) is 0 Å². The van der Waals surface area contributed by atoms with Crippen molar-refractivity contribution in [3.8, 4) is 0 Å². The van der Waals surface area contributed by atoms with Crippen molar-refractivity contribution in [2.45, 2.75) is 10.9 Å². The van der Waals surface area contributed by atoms with Crippen LogP contribution in [0.4, 0.5) is 0 Å². The Hall–Kier alpha value is -2.80. The lowest BCUT2D eigenvalue weighted by molar-refractivity contribution is -0.138. The molecule has 0 aliphatic heterocycles. The molecule has 0 spiro atoms. The van der Waals surface area contributed by atoms with Gasteiger partial charge in [-0.05, 0) is 24.3 Å². The third-order valence-electron chi connectivity index (χ3n) is 3.30. The summed E-state index contributed by atoms with van der Waals surface area (Å²) in [5.41, 5.74) is 1.93. The van der Waals surface area contributed by atoms with Crippen molar-refractivity contribution in [2.24, 2.45) is 5.84 Å². The van der Waals surface area contributed by atoms with Gasteiger partial charge in [0.2, 0.25) is 10.0 Å². The molecule has 0 bridgehead atoms. The number of carbonyl (C=O) groups is 3. The number of benzene rings is 1. The lowest BCUT2D eigenvalue weighted by atomic mass is 10.3. The van der Waals surface area contributed by atoms with Gasteiger partial charge in [-0.3, -0.25) is 19.8 Å². The Morgan fingerprint density at radius 1 is 1.04 bits per heavy atom. The van der Waals surface area contributed by atoms with Crippen molar-refractivity contribution in [1.29, 1.82) is 0 Å². The van der Waals surface area contributed by atoms with E-state index in [9.17, 15) is 27.9 Å². The third kappa shape index (κ3) is 5.34. The second-order valence-electron chi connectivity index (χ2n) is 5.17. The normalized spacial score (nSPS) is 12.2. The second kappa shape index (κ2) is 8.73. The van der Waals surface area contributed by atoms with Crippen LogP contribution in [0.25, 0.3) is 0 Å². The largest absolute Gasteiger partial charge is 0.480 e. The molecule has 2 rings (SSSR count). The molecule has 0 fully saturated rings. The predicted octanol–water partition coefficient (Wildman–Crippen LogP) is -0.487. The highest BCUT2D eigenvalue weighted by Gasteiger charge is 2.26. The summed E-state index contributed by atoms with van der Waals surface area (Å²) < 4.78 is 26.5. The van der Waals surface area contributed by atoms with Crippen molar-refractivity contribution < 1.29 is 27.9 Å². The van der Waals surface area contributed by atoms with Crippen LogP contribution in [0.15, 0.2) is 47.4 Å². The summed E-state index contributed by atoms with van der Waals surface area (Å²) in [7, 11) is -4.07. The van der Waals surface area contributed by atoms with E-state index in [0.29, 0.717) is 0 Å². The number of nitrogens with one attached hydrogen (secondary N) is 3. The van der Waals surface area contributed by atoms with Crippen LogP contribution in [0.2, 0.25) is 0 Å². The molecule has 1 heterocycles. The lowest BCUT2D eigenvalue weighted by Gasteiger charge is -2.15. The van der Waals surface area contributed by atoms with E-state index in [0.717, 1.165) is 11.3 Å². The fourth-order valence-corrected chi connectivity index (χ4v) is 4.01. The minimum absolute atomic E-state index is 0.0988. The highest BCUT2D eigenvalue weighted by molar-refractivity contribution is 7.89. The molecular weight excluding hydrogens is 396 g/mol. The Balaban J connectivity index is 2.04. The number of carboxylic acids is 1. The number of aliphatic carboxylic acids is 1. The minimum atomic E-state index is -4.07. The summed E-state index contributed by atoms with van der Waals surface area (Å²) in [4.78, 5) is 35.1. The number of carboxylic acid groups (broad SMARTS) is 1. The first kappa shape index (κ1) is 20.5. The molecule has 0 aliphatic carbocycles. The molecule has 1 unspecified atom stereocenters. The molecule has 1 aromatic carbocycles. The maximum Gasteiger partial charge on any atom is 0.323 e. The molecule has 2 amide bonds. The molecule has 27 heavy (non-hydrogen) atoms. The number of sulfonamides is 1. The average molecular weight is 412 g/mol. The zero-order valence-corrected chi connectivity index (χ0v) is 15.3. The molecule has 144 valence electrons. The predicted molar refractivity (Wildman–Crippen MR) is 96.5 cm³/mol. The Morgan fingerprint density at radius 3 is 2.19 bits per heavy atom. The first-order chi connectivity index (χ1) is 12.7. The van der Waals surface area contributed by atoms with Gasteiger partial charge < -0.3 is 10.4 Å². The highest BCUT2D eigenvalue weighted by Crippen LogP contribution is 2.16. The van der Waals surface area contributed by atoms with Gasteiger partial charge >= 0.3 is 5.97 Å². The van der Waals surface area contributed by atoms with Crippen LogP contribution < -0.4 is 21.3 Å². The molecular formula is C15H16N4O6S2. The topological polar surface area (TPSA) is 168 Å². The van der Waals surface area contributed by atoms with E-state index >= 15 is 0 Å². The Labute approximate surface area is 158 Å². The highest BCUT2D eigenvalue weighted by atomic mass is 32.2. The number of hydrazine groups is 1. The van der Waals surface area contributed by atoms with Gasteiger partial charge in [-0.25, -0.2) is 14.3 Å². The van der Waals surface area contributed by atoms with Gasteiger partial charge in [0, 0.05) is 6.54 Å². The second-order valence-corrected chi connectivity index (χ2v) is 7.97. The van der Waals surface area contributed by atoms with E-state index < -0.39 is 40.4 Å². The minimum Gasteiger partial charge on any atom is -0.480 e. The van der Waals surface area contributed by atoms with E-state index in [1.807, 2.05) is 10.1 Å². The number of nitrogen functional groups attached to an aromatic ring is 1. The van der Waals surface area contributed by atoms with Gasteiger partial charge in [0.15, 0.2) is 0 Å². The lowest BCUT2D eigenvalue weighted by Crippen LogP contribution is -2.48. The molecule has 1 atom stereocenters. The maximum absolute atomic E-state index is 12.2. The van der Waals surface area contributed by atoms with Gasteiger partial charge in [0.05, 0.1) is 14.6 Å². The number of rotatable bonds is 8. The van der Waals surface area contributed by atoms with Crippen LogP contribution in [0.5, 0.6) is 0 Å². The molecule has 0 radical (unpaired) electrons. The van der Waals surface area contributed by atoms with Crippen molar-refractivity contribution in [2.75, 3.05) is 6.54 Å². The molecule has 1 aromatic heterocycles. The summed E-state index contributed by atoms with van der Waals surface area (Å²) in [6.45, 7) is -0.490. The van der Waals surface area contributed by atoms with E-state index in [1.165, 1.54) is 36.4 Å². The number of hydrogen-bond acceptors (Lipinski definition) is 7. The SMILES string of the molecule is NNC(=O)c1ccc(C(=O)NCC(NS(=O)(=O)c2ccccc2)C(=O)O)s1. The molecule has 0 saturated heterocycles. The maximum atomic E-state index is 12.2. The standard InChI is InChI=1S/C15H16N4O6S2/c16-18-14(21)12-7-6-11(26-12)13(20)17-8-10(15(22)23)19-27(24,25)9-4-2-1-3-5-9/h1-7,10,19H,8,16H2,(H,17,20)(H,18,21)(H,22,23). The first-order valence-electron chi connectivity index (χ1n) is 7.44. The molecule has 2 aromatic rings. The van der Waals surface area contributed by atoms with Crippen LogP contribution in [-0.4, -0.2) is 43.9 Å². The molecule has 0 saturated carbocycles. The molecule has 6 N–H and O–H groups in total. The van der Waals surface area contributed by atoms with Gasteiger partial charge in [0.1, 0.15) is 6.04 Å². The van der Waals surface area contributed by atoms with Crippen molar-refractivity contribution in [3.05, 3.63) is 52.2 Å². The fraction of sp³-hybridized carbons (Fsp3) is 0.133. The Kier molecular flexibility index (Phi) is 6.63. The Morgan fingerprint density at radius 2 is 1.63 bits per heavy atom. The van der Waals surface area contributed by atoms with E-state index in [2.05, 4.69) is 5.32 Å². The molecule has 10 nitrogen and oxygen atoms in total. The number of amides is 2. The third-order valence-corrected chi connectivity index (χ3v) is 5.87. The zero-order chi connectivity index (χ0) is 20.0. The first-order valence-corrected chi connectivity index (χ1v) is 9.73. The molecule has 12 heteroatoms. The van der Waals surface area contributed by atoms with Crippen molar-refractivity contribution in [1.82, 2.24) is 15.5 Å².